The van der Waals surface area contributed by atoms with Crippen molar-refractivity contribution in [3.8, 4) is 0 Å². The fourth-order valence-electron chi connectivity index (χ4n) is 12.8. The number of carbonyl (C=O) groups is 8. The van der Waals surface area contributed by atoms with Crippen molar-refractivity contribution in [2.75, 3.05) is 39.5 Å². The number of hydrogen-bond donors (Lipinski definition) is 4. The Kier molecular flexibility index (Phi) is 23.0. The highest BCUT2D eigenvalue weighted by atomic mass is 16.6. The first-order valence-corrected chi connectivity index (χ1v) is 33.4. The van der Waals surface area contributed by atoms with Crippen LogP contribution in [-0.2, 0) is 57.3 Å². The van der Waals surface area contributed by atoms with Crippen molar-refractivity contribution in [2.45, 2.75) is 183 Å². The monoisotopic (exact) mass is 1260 g/mol. The van der Waals surface area contributed by atoms with Gasteiger partial charge in [0.15, 0.2) is 0 Å². The molecule has 4 N–H and O–H groups in total. The first-order chi connectivity index (χ1) is 43.8. The summed E-state index contributed by atoms with van der Waals surface area (Å²) in [6, 6.07) is 16.3. The Hall–Kier alpha value is -7.26. The Morgan fingerprint density at radius 1 is 0.522 bits per heavy atom. The molecule has 0 radical (unpaired) electrons. The fourth-order valence-corrected chi connectivity index (χ4v) is 12.8. The van der Waals surface area contributed by atoms with Gasteiger partial charge in [-0.3, -0.25) is 48.4 Å². The number of esters is 2. The van der Waals surface area contributed by atoms with Crippen molar-refractivity contribution in [1.82, 2.24) is 41.5 Å². The number of Topliss-reactive ketones (excluding diaryl/α,β-unsaturated/α-hetero) is 2. The van der Waals surface area contributed by atoms with Crippen LogP contribution in [0.5, 0.6) is 0 Å². The summed E-state index contributed by atoms with van der Waals surface area (Å²) in [6.45, 7) is 22.0. The highest BCUT2D eigenvalue weighted by Crippen LogP contribution is 2.33. The van der Waals surface area contributed by atoms with Crippen LogP contribution in [0.4, 0.5) is 0 Å². The standard InChI is InChI=1S/2C36H48N4O6/c2*1-22(2)27-21-32(41)36(4,5)15-12-24-8-9-26-10-11-28(37-30(26)19-24)23(3)46-35(44)29-7-6-16-40(39-29)34(43)31(38-33(27)42)20-25-13-17-45-18-14-25/h2*8-12,15,19,22-23,25,27,29,31,39H,6-7,13-14,16-18,20-21H2,1-5H3,(H,38,42)/b2*15-12+/t23-,27+,29+,31+;23-,27+,29+,31-/m11/s1. The van der Waals surface area contributed by atoms with Crippen LogP contribution in [-0.4, -0.2) is 131 Å². The van der Waals surface area contributed by atoms with Gasteiger partial charge in [-0.25, -0.2) is 20.8 Å². The van der Waals surface area contributed by atoms with Gasteiger partial charge < -0.3 is 29.6 Å². The van der Waals surface area contributed by atoms with E-state index in [2.05, 4.69) is 21.5 Å². The lowest BCUT2D eigenvalue weighted by molar-refractivity contribution is -0.158. The van der Waals surface area contributed by atoms with E-state index in [1.165, 1.54) is 10.0 Å². The van der Waals surface area contributed by atoms with Crippen LogP contribution in [0.2, 0.25) is 0 Å². The minimum atomic E-state index is -0.830. The first kappa shape index (κ1) is 69.1. The zero-order valence-corrected chi connectivity index (χ0v) is 55.4. The lowest BCUT2D eigenvalue weighted by Crippen LogP contribution is -2.60. The first-order valence-electron chi connectivity index (χ1n) is 33.4. The Labute approximate surface area is 541 Å². The van der Waals surface area contributed by atoms with Crippen molar-refractivity contribution in [1.29, 1.82) is 0 Å². The molecule has 4 saturated heterocycles. The zero-order chi connectivity index (χ0) is 66.0. The number of ketones is 2. The Bertz CT molecular complexity index is 3180. The minimum absolute atomic E-state index is 0.0510. The van der Waals surface area contributed by atoms with Gasteiger partial charge in [-0.2, -0.15) is 0 Å². The number of rotatable bonds is 6. The molecular formula is C72H96N8O12. The normalized spacial score (nSPS) is 27.8. The van der Waals surface area contributed by atoms with Crippen LogP contribution in [0.1, 0.15) is 181 Å². The quantitative estimate of drug-likeness (QED) is 0.131. The summed E-state index contributed by atoms with van der Waals surface area (Å²) in [5.41, 5.74) is 9.03. The summed E-state index contributed by atoms with van der Waals surface area (Å²) in [5.74, 6) is -3.29. The Morgan fingerprint density at radius 3 is 1.26 bits per heavy atom. The number of allylic oxidation sites excluding steroid dienone is 2. The van der Waals surface area contributed by atoms with E-state index in [0.717, 1.165) is 58.6 Å². The Morgan fingerprint density at radius 2 is 0.891 bits per heavy atom. The average molecular weight is 1270 g/mol. The maximum Gasteiger partial charge on any atom is 0.325 e. The highest BCUT2D eigenvalue weighted by molar-refractivity contribution is 5.95. The molecule has 0 aliphatic carbocycles. The van der Waals surface area contributed by atoms with Crippen LogP contribution in [0.3, 0.4) is 0 Å². The number of fused-ring (bicyclic) bond motifs is 8. The van der Waals surface area contributed by atoms with Gasteiger partial charge in [0.05, 0.1) is 22.4 Å². The van der Waals surface area contributed by atoms with Crippen molar-refractivity contribution >= 4 is 81.1 Å². The number of hydrogen-bond acceptors (Lipinski definition) is 16. The largest absolute Gasteiger partial charge is 0.455 e. The molecule has 92 heavy (non-hydrogen) atoms. The van der Waals surface area contributed by atoms with Gasteiger partial charge in [0.2, 0.25) is 11.8 Å². The van der Waals surface area contributed by atoms with Crippen molar-refractivity contribution in [2.24, 2.45) is 46.3 Å². The van der Waals surface area contributed by atoms with Crippen LogP contribution in [0.25, 0.3) is 34.0 Å². The van der Waals surface area contributed by atoms with Gasteiger partial charge >= 0.3 is 11.9 Å². The van der Waals surface area contributed by atoms with E-state index in [-0.39, 0.29) is 71.7 Å². The summed E-state index contributed by atoms with van der Waals surface area (Å²) in [5, 5.41) is 10.9. The lowest BCUT2D eigenvalue weighted by Gasteiger charge is -2.37. The number of nitrogens with zero attached hydrogens (tertiary/aromatic N) is 4. The summed E-state index contributed by atoms with van der Waals surface area (Å²) < 4.78 is 22.8. The predicted octanol–water partition coefficient (Wildman–Crippen LogP) is 9.84. The number of nitrogens with one attached hydrogen (secondary N) is 4. The minimum Gasteiger partial charge on any atom is -0.455 e. The maximum atomic E-state index is 14.1. The molecule has 4 amide bonds. The molecule has 6 aliphatic heterocycles. The van der Waals surface area contributed by atoms with Gasteiger partial charge in [-0.15, -0.1) is 0 Å². The van der Waals surface area contributed by atoms with Crippen molar-refractivity contribution in [3.63, 3.8) is 0 Å². The van der Waals surface area contributed by atoms with Crippen molar-refractivity contribution < 1.29 is 57.3 Å². The van der Waals surface area contributed by atoms with E-state index < -0.39 is 71.0 Å². The topological polar surface area (TPSA) is 254 Å². The number of hydrazine groups is 2. The number of carbonyl (C=O) groups excluding carboxylic acids is 8. The molecule has 10 rings (SSSR count). The van der Waals surface area contributed by atoms with Gasteiger partial charge in [0.1, 0.15) is 47.9 Å². The average Bonchev–Trinajstić information content (AvgIpc) is 1.02. The molecule has 0 saturated carbocycles. The second-order valence-electron chi connectivity index (χ2n) is 27.9. The molecule has 2 aromatic heterocycles. The van der Waals surface area contributed by atoms with Gasteiger partial charge in [-0.05, 0) is 165 Å². The van der Waals surface area contributed by atoms with Gasteiger partial charge in [0.25, 0.3) is 11.8 Å². The molecule has 0 spiro atoms. The summed E-state index contributed by atoms with van der Waals surface area (Å²) in [7, 11) is 0. The van der Waals surface area contributed by atoms with Crippen LogP contribution >= 0.6 is 0 Å². The molecule has 20 nitrogen and oxygen atoms in total. The van der Waals surface area contributed by atoms with Gasteiger partial charge in [-0.1, -0.05) is 88.4 Å². The molecule has 496 valence electrons. The van der Waals surface area contributed by atoms with E-state index >= 15 is 0 Å². The summed E-state index contributed by atoms with van der Waals surface area (Å²) >= 11 is 0. The third-order valence-electron chi connectivity index (χ3n) is 19.3. The number of ether oxygens (including phenoxy) is 4. The molecule has 8 atom stereocenters. The maximum absolute atomic E-state index is 14.1. The molecule has 4 aromatic rings. The predicted molar refractivity (Wildman–Crippen MR) is 350 cm³/mol. The van der Waals surface area contributed by atoms with Gasteiger partial charge in [0, 0.05) is 85.8 Å². The van der Waals surface area contributed by atoms with E-state index in [4.69, 9.17) is 28.9 Å². The number of pyridine rings is 2. The SMILES string of the molecule is CC(C)[C@@H]1CC(=O)C(C)(C)/C=C/c2ccc3ccc(nc3c2)[C@@H](C)OC(=O)[C@@H]2CCCN(N2)C(=O)[C@@H](CC2CCOCC2)NC1=O.CC(C)[C@@H]1CC(=O)C(C)(C)/C=C/c2ccc3ccc(nc3c2)[C@@H](C)OC(=O)[C@@H]2CCCN(N2)C(=O)[C@H](CC2CCOCC2)NC1=O. The van der Waals surface area contributed by atoms with E-state index in [1.807, 2.05) is 140 Å². The molecule has 0 unspecified atom stereocenters. The van der Waals surface area contributed by atoms with Crippen LogP contribution in [0.15, 0.2) is 72.8 Å². The Balaban J connectivity index is 0.000000217. The smallest absolute Gasteiger partial charge is 0.325 e. The molecule has 6 aliphatic rings. The molecule has 10 bridgehead atoms. The van der Waals surface area contributed by atoms with Crippen molar-refractivity contribution in [3.05, 3.63) is 95.3 Å². The zero-order valence-electron chi connectivity index (χ0n) is 55.4. The third kappa shape index (κ3) is 17.7. The number of amides is 4. The number of cyclic esters (lactones) is 2. The molecule has 8 heterocycles. The second kappa shape index (κ2) is 30.7. The molecule has 2 aromatic carbocycles. The molecular weight excluding hydrogens is 1170 g/mol. The third-order valence-corrected chi connectivity index (χ3v) is 19.3. The fraction of sp³-hybridized carbons (Fsp3) is 0.583. The number of aromatic nitrogens is 2. The molecule has 4 fully saturated rings. The van der Waals surface area contributed by atoms with E-state index in [0.29, 0.717) is 89.4 Å². The summed E-state index contributed by atoms with van der Waals surface area (Å²) in [4.78, 5) is 120. The molecule has 20 heteroatoms. The van der Waals surface area contributed by atoms with E-state index in [9.17, 15) is 38.4 Å². The van der Waals surface area contributed by atoms with E-state index in [1.54, 1.807) is 13.8 Å². The number of benzene rings is 2. The summed E-state index contributed by atoms with van der Waals surface area (Å²) in [6.07, 6.45) is 12.8. The highest BCUT2D eigenvalue weighted by Gasteiger charge is 2.41. The lowest BCUT2D eigenvalue weighted by atomic mass is 9.79. The van der Waals surface area contributed by atoms with Crippen LogP contribution in [0, 0.1) is 46.3 Å². The van der Waals surface area contributed by atoms with Crippen LogP contribution < -0.4 is 21.5 Å². The second-order valence-corrected chi connectivity index (χ2v) is 27.9.